The highest BCUT2D eigenvalue weighted by Gasteiger charge is 2.16. The van der Waals surface area contributed by atoms with Crippen molar-refractivity contribution in [2.75, 3.05) is 12.3 Å². The van der Waals surface area contributed by atoms with Crippen LogP contribution in [-0.4, -0.2) is 28.3 Å². The first-order valence-electron chi connectivity index (χ1n) is 5.95. The molecule has 0 aliphatic heterocycles. The molecule has 0 unspecified atom stereocenters. The molecule has 0 radical (unpaired) electrons. The molecule has 0 aliphatic rings. The molecule has 0 saturated heterocycles. The minimum Gasteiger partial charge on any atom is -0.461 e. The molecule has 2 rings (SSSR count). The molecule has 0 saturated carbocycles. The predicted molar refractivity (Wildman–Crippen MR) is 72.5 cm³/mol. The molecule has 20 heavy (non-hydrogen) atoms. The molecule has 1 aromatic heterocycles. The van der Waals surface area contributed by atoms with Crippen LogP contribution in [0.3, 0.4) is 0 Å². The predicted octanol–water partition coefficient (Wildman–Crippen LogP) is 0.730. The van der Waals surface area contributed by atoms with Crippen LogP contribution in [0.25, 0.3) is 5.69 Å². The third-order valence-corrected chi connectivity index (χ3v) is 2.63. The van der Waals surface area contributed by atoms with E-state index in [-0.39, 0.29) is 18.0 Å². The van der Waals surface area contributed by atoms with Crippen LogP contribution in [0.5, 0.6) is 0 Å². The quantitative estimate of drug-likeness (QED) is 0.798. The molecule has 1 amide bonds. The Morgan fingerprint density at radius 2 is 1.95 bits per heavy atom. The average molecular weight is 274 g/mol. The molecule has 4 N–H and O–H groups in total. The molecule has 1 heterocycles. The normalized spacial score (nSPS) is 10.2. The standard InChI is InChI=1S/C13H14N4O3/c1-2-20-13(19)11-10(14)7-17(16-11)9-5-3-8(4-6-9)12(15)18/h3-7H,2,14H2,1H3,(H2,15,18). The number of amides is 1. The van der Waals surface area contributed by atoms with Crippen molar-refractivity contribution in [2.45, 2.75) is 6.92 Å². The van der Waals surface area contributed by atoms with Crippen molar-refractivity contribution in [3.05, 3.63) is 41.7 Å². The summed E-state index contributed by atoms with van der Waals surface area (Å²) in [5.74, 6) is -1.08. The van der Waals surface area contributed by atoms with Crippen LogP contribution in [0.15, 0.2) is 30.5 Å². The Morgan fingerprint density at radius 1 is 1.30 bits per heavy atom. The van der Waals surface area contributed by atoms with Gasteiger partial charge < -0.3 is 16.2 Å². The van der Waals surface area contributed by atoms with Gasteiger partial charge >= 0.3 is 5.97 Å². The Labute approximate surface area is 115 Å². The highest BCUT2D eigenvalue weighted by atomic mass is 16.5. The number of rotatable bonds is 4. The molecular weight excluding hydrogens is 260 g/mol. The van der Waals surface area contributed by atoms with Gasteiger partial charge in [0.05, 0.1) is 24.2 Å². The van der Waals surface area contributed by atoms with Crippen LogP contribution < -0.4 is 11.5 Å². The largest absolute Gasteiger partial charge is 0.461 e. The van der Waals surface area contributed by atoms with Gasteiger partial charge in [-0.2, -0.15) is 5.10 Å². The zero-order valence-electron chi connectivity index (χ0n) is 10.9. The van der Waals surface area contributed by atoms with Crippen molar-refractivity contribution in [1.82, 2.24) is 9.78 Å². The van der Waals surface area contributed by atoms with Crippen molar-refractivity contribution < 1.29 is 14.3 Å². The summed E-state index contributed by atoms with van der Waals surface area (Å²) < 4.78 is 6.29. The van der Waals surface area contributed by atoms with Crippen LogP contribution in [0.4, 0.5) is 5.69 Å². The van der Waals surface area contributed by atoms with Gasteiger partial charge in [-0.15, -0.1) is 0 Å². The van der Waals surface area contributed by atoms with E-state index in [9.17, 15) is 9.59 Å². The zero-order chi connectivity index (χ0) is 14.7. The third kappa shape index (κ3) is 2.61. The number of benzene rings is 1. The van der Waals surface area contributed by atoms with Crippen LogP contribution in [0.1, 0.15) is 27.8 Å². The number of nitrogens with two attached hydrogens (primary N) is 2. The van der Waals surface area contributed by atoms with Crippen LogP contribution in [-0.2, 0) is 4.74 Å². The Hall–Kier alpha value is -2.83. The lowest BCUT2D eigenvalue weighted by molar-refractivity contribution is 0.0520. The number of ether oxygens (including phenoxy) is 1. The summed E-state index contributed by atoms with van der Waals surface area (Å²) in [4.78, 5) is 22.6. The molecule has 0 atom stereocenters. The topological polar surface area (TPSA) is 113 Å². The van der Waals surface area contributed by atoms with E-state index in [4.69, 9.17) is 16.2 Å². The van der Waals surface area contributed by atoms with E-state index in [1.807, 2.05) is 0 Å². The number of nitrogen functional groups attached to an aromatic ring is 1. The number of primary amides is 1. The average Bonchev–Trinajstić information content (AvgIpc) is 2.81. The first kappa shape index (κ1) is 13.6. The Morgan fingerprint density at radius 3 is 2.50 bits per heavy atom. The SMILES string of the molecule is CCOC(=O)c1nn(-c2ccc(C(N)=O)cc2)cc1N. The fourth-order valence-electron chi connectivity index (χ4n) is 1.66. The minimum absolute atomic E-state index is 0.0610. The van der Waals surface area contributed by atoms with Crippen molar-refractivity contribution in [3.8, 4) is 5.69 Å². The number of anilines is 1. The molecule has 2 aromatic rings. The van der Waals surface area contributed by atoms with Crippen molar-refractivity contribution >= 4 is 17.6 Å². The number of nitrogens with zero attached hydrogens (tertiary/aromatic N) is 2. The lowest BCUT2D eigenvalue weighted by Crippen LogP contribution is -2.11. The zero-order valence-corrected chi connectivity index (χ0v) is 10.9. The van der Waals surface area contributed by atoms with E-state index in [0.717, 1.165) is 0 Å². The van der Waals surface area contributed by atoms with Crippen molar-refractivity contribution in [3.63, 3.8) is 0 Å². The molecule has 0 spiro atoms. The van der Waals surface area contributed by atoms with Gasteiger partial charge in [0.15, 0.2) is 5.69 Å². The van der Waals surface area contributed by atoms with E-state index in [2.05, 4.69) is 5.10 Å². The summed E-state index contributed by atoms with van der Waals surface area (Å²) in [7, 11) is 0. The van der Waals surface area contributed by atoms with E-state index in [0.29, 0.717) is 11.3 Å². The summed E-state index contributed by atoms with van der Waals surface area (Å²) in [6.07, 6.45) is 1.51. The number of hydrogen-bond acceptors (Lipinski definition) is 5. The maximum absolute atomic E-state index is 11.6. The van der Waals surface area contributed by atoms with Gasteiger partial charge in [0.1, 0.15) is 0 Å². The number of aromatic nitrogens is 2. The number of esters is 1. The molecule has 0 fully saturated rings. The van der Waals surface area contributed by atoms with Crippen molar-refractivity contribution in [2.24, 2.45) is 5.73 Å². The van der Waals surface area contributed by atoms with Gasteiger partial charge in [-0.3, -0.25) is 4.79 Å². The molecule has 0 aliphatic carbocycles. The summed E-state index contributed by atoms with van der Waals surface area (Å²) in [5.41, 5.74) is 12.2. The summed E-state index contributed by atoms with van der Waals surface area (Å²) in [6, 6.07) is 6.45. The van der Waals surface area contributed by atoms with Gasteiger partial charge in [0.2, 0.25) is 5.91 Å². The molecule has 0 bridgehead atoms. The van der Waals surface area contributed by atoms with Crippen LogP contribution >= 0.6 is 0 Å². The Bertz CT molecular complexity index is 646. The fraction of sp³-hybridized carbons (Fsp3) is 0.154. The Balaban J connectivity index is 2.32. The van der Waals surface area contributed by atoms with E-state index in [1.54, 1.807) is 31.2 Å². The van der Waals surface area contributed by atoms with Crippen LogP contribution in [0, 0.1) is 0 Å². The number of hydrogen-bond donors (Lipinski definition) is 2. The molecule has 1 aromatic carbocycles. The van der Waals surface area contributed by atoms with Gasteiger partial charge in [0, 0.05) is 5.56 Å². The van der Waals surface area contributed by atoms with Gasteiger partial charge in [-0.05, 0) is 31.2 Å². The lowest BCUT2D eigenvalue weighted by Gasteiger charge is -2.02. The monoisotopic (exact) mass is 274 g/mol. The Kier molecular flexibility index (Phi) is 3.69. The highest BCUT2D eigenvalue weighted by molar-refractivity contribution is 5.93. The maximum atomic E-state index is 11.6. The highest BCUT2D eigenvalue weighted by Crippen LogP contribution is 2.15. The second-order valence-electron chi connectivity index (χ2n) is 4.01. The first-order valence-corrected chi connectivity index (χ1v) is 5.95. The fourth-order valence-corrected chi connectivity index (χ4v) is 1.66. The van der Waals surface area contributed by atoms with E-state index >= 15 is 0 Å². The maximum Gasteiger partial charge on any atom is 0.361 e. The minimum atomic E-state index is -0.572. The molecule has 104 valence electrons. The van der Waals surface area contributed by atoms with Crippen LogP contribution in [0.2, 0.25) is 0 Å². The van der Waals surface area contributed by atoms with Crippen molar-refractivity contribution in [1.29, 1.82) is 0 Å². The van der Waals surface area contributed by atoms with Gasteiger partial charge in [-0.25, -0.2) is 9.48 Å². The summed E-state index contributed by atoms with van der Waals surface area (Å²) in [5, 5.41) is 4.07. The van der Waals surface area contributed by atoms with Gasteiger partial charge in [0.25, 0.3) is 0 Å². The third-order valence-electron chi connectivity index (χ3n) is 2.63. The second kappa shape index (κ2) is 5.43. The number of carbonyl (C=O) groups is 2. The smallest absolute Gasteiger partial charge is 0.361 e. The first-order chi connectivity index (χ1) is 9.52. The lowest BCUT2D eigenvalue weighted by atomic mass is 10.2. The summed E-state index contributed by atoms with van der Waals surface area (Å²) >= 11 is 0. The van der Waals surface area contributed by atoms with E-state index < -0.39 is 11.9 Å². The second-order valence-corrected chi connectivity index (χ2v) is 4.01. The molecule has 7 nitrogen and oxygen atoms in total. The number of carbonyl (C=O) groups excluding carboxylic acids is 2. The van der Waals surface area contributed by atoms with Gasteiger partial charge in [-0.1, -0.05) is 0 Å². The molecular formula is C13H14N4O3. The summed E-state index contributed by atoms with van der Waals surface area (Å²) in [6.45, 7) is 1.95. The molecule has 7 heteroatoms. The van der Waals surface area contributed by atoms with E-state index in [1.165, 1.54) is 10.9 Å².